The molecular formula is C22H24N4O4. The van der Waals surface area contributed by atoms with Crippen LogP contribution in [0.4, 0.5) is 11.4 Å². The van der Waals surface area contributed by atoms with Crippen molar-refractivity contribution in [3.05, 3.63) is 58.7 Å². The zero-order chi connectivity index (χ0) is 21.7. The van der Waals surface area contributed by atoms with Crippen LogP contribution in [0.25, 0.3) is 0 Å². The molecule has 8 nitrogen and oxygen atoms in total. The zero-order valence-electron chi connectivity index (χ0n) is 16.9. The minimum absolute atomic E-state index is 0.0879. The van der Waals surface area contributed by atoms with E-state index in [0.29, 0.717) is 13.1 Å². The Labute approximate surface area is 174 Å². The zero-order valence-corrected chi connectivity index (χ0v) is 16.9. The molecule has 0 atom stereocenters. The number of fused-ring (bicyclic) bond motifs is 2. The first-order chi connectivity index (χ1) is 14.5. The van der Waals surface area contributed by atoms with E-state index in [4.69, 9.17) is 0 Å². The van der Waals surface area contributed by atoms with Gasteiger partial charge in [0, 0.05) is 11.1 Å². The second-order valence-electron chi connectivity index (χ2n) is 6.77. The standard InChI is InChI=1S/C22H24N4O4/c1-3-23-11-17(27)25-15-9-5-7-13-19(15)22(30)20-14(21(13)29)8-6-10-16(20)26-18(28)12-24-4-2/h5-10,23-24H,3-4,11-12H2,1-2H3,(H,25,27)(H,26,28). The van der Waals surface area contributed by atoms with Crippen LogP contribution in [0.5, 0.6) is 0 Å². The fourth-order valence-electron chi connectivity index (χ4n) is 3.32. The Bertz CT molecular complexity index is 939. The number of hydrogen-bond acceptors (Lipinski definition) is 6. The molecule has 1 aliphatic carbocycles. The number of ketones is 2. The van der Waals surface area contributed by atoms with Crippen molar-refractivity contribution in [3.63, 3.8) is 0 Å². The van der Waals surface area contributed by atoms with E-state index in [1.165, 1.54) is 0 Å². The quantitative estimate of drug-likeness (QED) is 0.450. The molecule has 0 radical (unpaired) electrons. The molecule has 1 aliphatic rings. The molecule has 8 heteroatoms. The van der Waals surface area contributed by atoms with Crippen molar-refractivity contribution in [3.8, 4) is 0 Å². The molecule has 2 aromatic rings. The van der Waals surface area contributed by atoms with Crippen molar-refractivity contribution in [1.82, 2.24) is 10.6 Å². The summed E-state index contributed by atoms with van der Waals surface area (Å²) in [5.41, 5.74) is 1.26. The first-order valence-electron chi connectivity index (χ1n) is 9.84. The Balaban J connectivity index is 1.99. The van der Waals surface area contributed by atoms with Crippen LogP contribution in [-0.2, 0) is 9.59 Å². The predicted molar refractivity (Wildman–Crippen MR) is 114 cm³/mol. The number of hydrogen-bond donors (Lipinski definition) is 4. The molecule has 0 bridgehead atoms. The topological polar surface area (TPSA) is 116 Å². The average molecular weight is 408 g/mol. The summed E-state index contributed by atoms with van der Waals surface area (Å²) in [7, 11) is 0. The number of likely N-dealkylation sites (N-methyl/N-ethyl adjacent to an activating group) is 2. The highest BCUT2D eigenvalue weighted by atomic mass is 16.2. The van der Waals surface area contributed by atoms with E-state index >= 15 is 0 Å². The van der Waals surface area contributed by atoms with Gasteiger partial charge in [-0.25, -0.2) is 0 Å². The number of rotatable bonds is 8. The van der Waals surface area contributed by atoms with Gasteiger partial charge in [-0.3, -0.25) is 19.2 Å². The summed E-state index contributed by atoms with van der Waals surface area (Å²) in [5, 5.41) is 11.2. The van der Waals surface area contributed by atoms with Gasteiger partial charge in [0.1, 0.15) is 0 Å². The van der Waals surface area contributed by atoms with Crippen molar-refractivity contribution in [1.29, 1.82) is 0 Å². The number of amides is 2. The van der Waals surface area contributed by atoms with E-state index in [1.807, 2.05) is 13.8 Å². The van der Waals surface area contributed by atoms with Crippen LogP contribution in [0.3, 0.4) is 0 Å². The van der Waals surface area contributed by atoms with Gasteiger partial charge in [-0.05, 0) is 25.2 Å². The largest absolute Gasteiger partial charge is 0.324 e. The van der Waals surface area contributed by atoms with Crippen LogP contribution in [0, 0.1) is 0 Å². The molecule has 3 rings (SSSR count). The number of carbonyl (C=O) groups is 4. The van der Waals surface area contributed by atoms with Gasteiger partial charge in [0.2, 0.25) is 11.8 Å². The third-order valence-corrected chi connectivity index (χ3v) is 4.69. The Morgan fingerprint density at radius 3 is 1.53 bits per heavy atom. The summed E-state index contributed by atoms with van der Waals surface area (Å²) >= 11 is 0. The SMILES string of the molecule is CCNCC(=O)Nc1cccc2c1C(=O)c1c(NC(=O)CNCC)cccc1C2=O. The van der Waals surface area contributed by atoms with Gasteiger partial charge in [-0.2, -0.15) is 0 Å². The average Bonchev–Trinajstić information content (AvgIpc) is 2.74. The summed E-state index contributed by atoms with van der Waals surface area (Å²) in [6, 6.07) is 9.56. The van der Waals surface area contributed by atoms with E-state index in [9.17, 15) is 19.2 Å². The molecule has 2 aromatic carbocycles. The Kier molecular flexibility index (Phi) is 6.71. The van der Waals surface area contributed by atoms with E-state index in [1.54, 1.807) is 36.4 Å². The molecule has 0 heterocycles. The Morgan fingerprint density at radius 2 is 1.13 bits per heavy atom. The first kappa shape index (κ1) is 21.4. The predicted octanol–water partition coefficient (Wildman–Crippen LogP) is 1.56. The lowest BCUT2D eigenvalue weighted by Gasteiger charge is -2.22. The molecule has 0 spiro atoms. The molecule has 0 saturated heterocycles. The minimum Gasteiger partial charge on any atom is -0.324 e. The van der Waals surface area contributed by atoms with E-state index in [2.05, 4.69) is 21.3 Å². The van der Waals surface area contributed by atoms with Crippen molar-refractivity contribution in [2.24, 2.45) is 0 Å². The minimum atomic E-state index is -0.418. The van der Waals surface area contributed by atoms with Crippen molar-refractivity contribution >= 4 is 34.8 Å². The molecule has 0 saturated carbocycles. The highest BCUT2D eigenvalue weighted by Gasteiger charge is 2.34. The number of anilines is 2. The third kappa shape index (κ3) is 4.29. The molecule has 0 aromatic heterocycles. The number of carbonyl (C=O) groups excluding carboxylic acids is 4. The maximum Gasteiger partial charge on any atom is 0.238 e. The third-order valence-electron chi connectivity index (χ3n) is 4.69. The summed E-state index contributed by atoms with van der Waals surface area (Å²) in [5.74, 6) is -1.38. The lowest BCUT2D eigenvalue weighted by atomic mass is 9.82. The van der Waals surface area contributed by atoms with Crippen molar-refractivity contribution in [2.75, 3.05) is 36.8 Å². The normalized spacial score (nSPS) is 12.2. The summed E-state index contributed by atoms with van der Waals surface area (Å²) in [4.78, 5) is 50.8. The Hall–Kier alpha value is -3.36. The number of nitrogens with one attached hydrogen (secondary N) is 4. The first-order valence-corrected chi connectivity index (χ1v) is 9.84. The molecule has 0 unspecified atom stereocenters. The van der Waals surface area contributed by atoms with Crippen molar-refractivity contribution < 1.29 is 19.2 Å². The Morgan fingerprint density at radius 1 is 0.700 bits per heavy atom. The monoisotopic (exact) mass is 408 g/mol. The molecular weight excluding hydrogens is 384 g/mol. The smallest absolute Gasteiger partial charge is 0.238 e. The second-order valence-corrected chi connectivity index (χ2v) is 6.77. The second kappa shape index (κ2) is 9.43. The molecule has 4 N–H and O–H groups in total. The van der Waals surface area contributed by atoms with Gasteiger partial charge >= 0.3 is 0 Å². The fraction of sp³-hybridized carbons (Fsp3) is 0.273. The van der Waals surface area contributed by atoms with Crippen molar-refractivity contribution in [2.45, 2.75) is 13.8 Å². The van der Waals surface area contributed by atoms with Crippen LogP contribution in [0.2, 0.25) is 0 Å². The summed E-state index contributed by atoms with van der Waals surface area (Å²) in [6.07, 6.45) is 0. The van der Waals surface area contributed by atoms with Gasteiger partial charge in [-0.15, -0.1) is 0 Å². The van der Waals surface area contributed by atoms with Crippen LogP contribution in [-0.4, -0.2) is 49.6 Å². The van der Waals surface area contributed by atoms with Crippen LogP contribution in [0.15, 0.2) is 36.4 Å². The van der Waals surface area contributed by atoms with Crippen LogP contribution >= 0.6 is 0 Å². The maximum atomic E-state index is 13.4. The van der Waals surface area contributed by atoms with Gasteiger partial charge in [0.25, 0.3) is 0 Å². The van der Waals surface area contributed by atoms with E-state index in [-0.39, 0.29) is 64.3 Å². The summed E-state index contributed by atoms with van der Waals surface area (Å²) < 4.78 is 0. The fourth-order valence-corrected chi connectivity index (χ4v) is 3.32. The van der Waals surface area contributed by atoms with Crippen LogP contribution < -0.4 is 21.3 Å². The van der Waals surface area contributed by atoms with Gasteiger partial charge < -0.3 is 21.3 Å². The summed E-state index contributed by atoms with van der Waals surface area (Å²) in [6.45, 7) is 5.18. The van der Waals surface area contributed by atoms with E-state index in [0.717, 1.165) is 0 Å². The highest BCUT2D eigenvalue weighted by molar-refractivity contribution is 6.32. The van der Waals surface area contributed by atoms with Gasteiger partial charge in [0.15, 0.2) is 11.6 Å². The van der Waals surface area contributed by atoms with E-state index < -0.39 is 5.78 Å². The highest BCUT2D eigenvalue weighted by Crippen LogP contribution is 2.35. The molecule has 30 heavy (non-hydrogen) atoms. The number of benzene rings is 2. The molecule has 0 aliphatic heterocycles. The lowest BCUT2D eigenvalue weighted by Crippen LogP contribution is -2.31. The van der Waals surface area contributed by atoms with Gasteiger partial charge in [0.05, 0.1) is 35.6 Å². The van der Waals surface area contributed by atoms with Gasteiger partial charge in [-0.1, -0.05) is 38.1 Å². The molecule has 2 amide bonds. The maximum absolute atomic E-state index is 13.4. The lowest BCUT2D eigenvalue weighted by molar-refractivity contribution is -0.116. The van der Waals surface area contributed by atoms with Crippen LogP contribution in [0.1, 0.15) is 45.7 Å². The molecule has 0 fully saturated rings. The molecule has 156 valence electrons.